The molecule has 1 aliphatic heterocycles. The molecule has 8 nitrogen and oxygen atoms in total. The second-order valence-electron chi connectivity index (χ2n) is 4.04. The van der Waals surface area contributed by atoms with Crippen LogP contribution in [0, 0.1) is 0 Å². The van der Waals surface area contributed by atoms with E-state index in [1.165, 1.54) is 25.1 Å². The number of aldehydes is 1. The number of hydrogen-bond donors (Lipinski definition) is 2. The molecule has 10 heteroatoms. The number of nitrogens with one attached hydrogen (secondary N) is 1. The molecular weight excluding hydrogens is 353 g/mol. The number of amides is 1. The van der Waals surface area contributed by atoms with E-state index in [0.29, 0.717) is 24.2 Å². The van der Waals surface area contributed by atoms with Gasteiger partial charge in [0.25, 0.3) is 5.91 Å². The Hall–Kier alpha value is -0.914. The summed E-state index contributed by atoms with van der Waals surface area (Å²) in [4.78, 5) is 20.8. The van der Waals surface area contributed by atoms with Crippen LogP contribution in [0.2, 0.25) is 0 Å². The van der Waals surface area contributed by atoms with Gasteiger partial charge in [-0.25, -0.2) is 4.72 Å². The summed E-state index contributed by atoms with van der Waals surface area (Å²) in [6.07, 6.45) is 1.77. The minimum atomic E-state index is -3.85. The molecule has 2 rings (SSSR count). The maximum Gasteiger partial charge on any atom is 1.00 e. The van der Waals surface area contributed by atoms with E-state index < -0.39 is 16.2 Å². The number of rotatable bonds is 3. The van der Waals surface area contributed by atoms with Gasteiger partial charge in [0.1, 0.15) is 12.0 Å². The van der Waals surface area contributed by atoms with Gasteiger partial charge in [0.2, 0.25) is 0 Å². The van der Waals surface area contributed by atoms with Crippen LogP contribution in [0.15, 0.2) is 30.0 Å². The number of benzene rings is 1. The molecule has 2 N–H and O–H groups in total. The minimum Gasteiger partial charge on any atom is -1.00 e. The molecule has 1 heterocycles. The summed E-state index contributed by atoms with van der Waals surface area (Å²) >= 11 is 0. The van der Waals surface area contributed by atoms with Gasteiger partial charge in [-0.2, -0.15) is 8.42 Å². The Bertz CT molecular complexity index is 706. The normalized spacial score (nSPS) is 14.7. The Morgan fingerprint density at radius 2 is 2.09 bits per heavy atom. The van der Waals surface area contributed by atoms with Crippen LogP contribution in [0.1, 0.15) is 25.6 Å². The Balaban J connectivity index is 0. The van der Waals surface area contributed by atoms with Crippen LogP contribution < -0.4 is 60.8 Å². The molecule has 1 aromatic rings. The molecule has 0 bridgehead atoms. The molecule has 0 fully saturated rings. The fourth-order valence-corrected chi connectivity index (χ4v) is 2.17. The summed E-state index contributed by atoms with van der Waals surface area (Å²) in [5.74, 6) is -0.197. The van der Waals surface area contributed by atoms with Gasteiger partial charge in [-0.3, -0.25) is 9.59 Å². The van der Waals surface area contributed by atoms with E-state index in [0.717, 1.165) is 6.08 Å². The SMILES string of the molecule is CC1=CC(=O)NS(=O)(=O)O1.CCOc1cc(C=O)ccc1O.[H-].[K+]. The number of carbonyl (C=O) groups is 2. The maximum absolute atomic E-state index is 10.5. The average Bonchev–Trinajstić information content (AvgIpc) is 2.39. The third kappa shape index (κ3) is 7.95. The molecule has 1 aliphatic rings. The van der Waals surface area contributed by atoms with Gasteiger partial charge >= 0.3 is 61.7 Å². The first kappa shape index (κ1) is 22.1. The van der Waals surface area contributed by atoms with E-state index in [1.807, 2.05) is 6.92 Å². The number of phenolic OH excluding ortho intramolecular Hbond substituents is 1. The largest absolute Gasteiger partial charge is 1.00 e. The summed E-state index contributed by atoms with van der Waals surface area (Å²) in [7, 11) is -3.85. The molecule has 0 saturated carbocycles. The standard InChI is InChI=1S/C9H10O3.C4H5NO4S.K.H/c1-2-12-9-5-7(6-10)3-4-8(9)11;1-3-2-4(6)5-10(7,8)9-3;;/h3-6,11H,2H2,1H3;2H,1H3,(H,5,6);;/q;;+1;-1. The third-order valence-corrected chi connectivity index (χ3v) is 3.15. The molecule has 0 spiro atoms. The van der Waals surface area contributed by atoms with Crippen LogP contribution in [0.5, 0.6) is 11.5 Å². The molecule has 0 aliphatic carbocycles. The predicted molar refractivity (Wildman–Crippen MR) is 77.7 cm³/mol. The van der Waals surface area contributed by atoms with Gasteiger partial charge in [0.15, 0.2) is 11.5 Å². The van der Waals surface area contributed by atoms with Gasteiger partial charge in [-0.05, 0) is 32.0 Å². The van der Waals surface area contributed by atoms with E-state index in [-0.39, 0.29) is 64.3 Å². The van der Waals surface area contributed by atoms with Crippen molar-refractivity contribution < 1.29 is 84.8 Å². The van der Waals surface area contributed by atoms with Crippen LogP contribution >= 0.6 is 0 Å². The molecule has 1 amide bonds. The van der Waals surface area contributed by atoms with Crippen LogP contribution in [0.4, 0.5) is 0 Å². The summed E-state index contributed by atoms with van der Waals surface area (Å²) in [6.45, 7) is 3.67. The van der Waals surface area contributed by atoms with Crippen molar-refractivity contribution in [1.82, 2.24) is 4.72 Å². The molecule has 0 aromatic heterocycles. The van der Waals surface area contributed by atoms with Gasteiger partial charge < -0.3 is 15.5 Å². The monoisotopic (exact) mass is 369 g/mol. The van der Waals surface area contributed by atoms with Crippen LogP contribution in [0.3, 0.4) is 0 Å². The first-order valence-corrected chi connectivity index (χ1v) is 7.53. The number of aromatic hydroxyl groups is 1. The van der Waals surface area contributed by atoms with Crippen molar-refractivity contribution in [3.8, 4) is 11.5 Å². The molecule has 23 heavy (non-hydrogen) atoms. The first-order chi connectivity index (χ1) is 10.3. The minimum absolute atomic E-state index is 0. The van der Waals surface area contributed by atoms with Gasteiger partial charge in [-0.15, -0.1) is 0 Å². The molecule has 122 valence electrons. The number of phenols is 1. The fraction of sp³-hybridized carbons (Fsp3) is 0.231. The Labute approximate surface area is 178 Å². The number of ether oxygens (including phenoxy) is 1. The van der Waals surface area contributed by atoms with E-state index in [1.54, 1.807) is 4.72 Å². The van der Waals surface area contributed by atoms with E-state index >= 15 is 0 Å². The van der Waals surface area contributed by atoms with Gasteiger partial charge in [-0.1, -0.05) is 0 Å². The topological polar surface area (TPSA) is 119 Å². The van der Waals surface area contributed by atoms with E-state index in [2.05, 4.69) is 4.18 Å². The molecule has 1 aromatic carbocycles. The number of carbonyl (C=O) groups excluding carboxylic acids is 2. The second kappa shape index (κ2) is 10.1. The molecule has 0 radical (unpaired) electrons. The Kier molecular flexibility index (Phi) is 9.66. The first-order valence-electron chi connectivity index (χ1n) is 6.13. The van der Waals surface area contributed by atoms with Crippen molar-refractivity contribution in [3.05, 3.63) is 35.6 Å². The zero-order chi connectivity index (χ0) is 16.8. The van der Waals surface area contributed by atoms with Crippen molar-refractivity contribution in [2.24, 2.45) is 0 Å². The van der Waals surface area contributed by atoms with Crippen molar-refractivity contribution in [2.75, 3.05) is 6.61 Å². The number of hydrogen-bond acceptors (Lipinski definition) is 7. The Morgan fingerprint density at radius 3 is 2.57 bits per heavy atom. The molecular formula is C13H16KNO7S. The quantitative estimate of drug-likeness (QED) is 0.467. The van der Waals surface area contributed by atoms with Crippen molar-refractivity contribution in [3.63, 3.8) is 0 Å². The van der Waals surface area contributed by atoms with Gasteiger partial charge in [0.05, 0.1) is 6.61 Å². The maximum atomic E-state index is 10.5. The van der Waals surface area contributed by atoms with Gasteiger partial charge in [0, 0.05) is 11.6 Å². The van der Waals surface area contributed by atoms with Crippen molar-refractivity contribution in [2.45, 2.75) is 13.8 Å². The van der Waals surface area contributed by atoms with Crippen LogP contribution in [0.25, 0.3) is 0 Å². The zero-order valence-corrected chi connectivity index (χ0v) is 16.8. The summed E-state index contributed by atoms with van der Waals surface area (Å²) in [5.41, 5.74) is 0.497. The summed E-state index contributed by atoms with van der Waals surface area (Å²) < 4.78 is 31.9. The molecule has 0 saturated heterocycles. The summed E-state index contributed by atoms with van der Waals surface area (Å²) in [6, 6.07) is 4.48. The predicted octanol–water partition coefficient (Wildman–Crippen LogP) is -2.00. The van der Waals surface area contributed by atoms with Crippen molar-refractivity contribution >= 4 is 22.5 Å². The van der Waals surface area contributed by atoms with Crippen LogP contribution in [-0.2, 0) is 19.3 Å². The van der Waals surface area contributed by atoms with Crippen LogP contribution in [-0.4, -0.2) is 32.3 Å². The Morgan fingerprint density at radius 1 is 1.43 bits per heavy atom. The third-order valence-electron chi connectivity index (χ3n) is 2.22. The second-order valence-corrected chi connectivity index (χ2v) is 5.32. The zero-order valence-electron chi connectivity index (χ0n) is 13.9. The number of allylic oxidation sites excluding steroid dienone is 1. The summed E-state index contributed by atoms with van der Waals surface area (Å²) in [5, 5.41) is 9.22. The van der Waals surface area contributed by atoms with E-state index in [9.17, 15) is 23.1 Å². The van der Waals surface area contributed by atoms with E-state index in [4.69, 9.17) is 4.74 Å². The smallest absolute Gasteiger partial charge is 1.00 e. The van der Waals surface area contributed by atoms with Crippen molar-refractivity contribution in [1.29, 1.82) is 0 Å². The molecule has 0 atom stereocenters. The fourth-order valence-electron chi connectivity index (χ4n) is 1.43. The average molecular weight is 369 g/mol. The molecule has 0 unspecified atom stereocenters.